The number of likely N-dealkylation sites (tertiary alicyclic amines) is 1. The summed E-state index contributed by atoms with van der Waals surface area (Å²) in [6.45, 7) is 5.66. The van der Waals surface area contributed by atoms with Crippen LogP contribution in [0.3, 0.4) is 0 Å². The average Bonchev–Trinajstić information content (AvgIpc) is 3.28. The Labute approximate surface area is 194 Å². The van der Waals surface area contributed by atoms with Gasteiger partial charge >= 0.3 is 0 Å². The zero-order valence-corrected chi connectivity index (χ0v) is 19.4. The summed E-state index contributed by atoms with van der Waals surface area (Å²) in [5.74, 6) is 0.0893. The van der Waals surface area contributed by atoms with Crippen molar-refractivity contribution >= 4 is 11.6 Å². The van der Waals surface area contributed by atoms with E-state index in [1.54, 1.807) is 7.11 Å². The van der Waals surface area contributed by atoms with Gasteiger partial charge in [0.25, 0.3) is 5.91 Å². The first-order valence-electron chi connectivity index (χ1n) is 11.4. The van der Waals surface area contributed by atoms with Gasteiger partial charge < -0.3 is 9.64 Å². The van der Waals surface area contributed by atoms with Gasteiger partial charge in [-0.05, 0) is 62.1 Å². The fourth-order valence-electron chi connectivity index (χ4n) is 4.46. The summed E-state index contributed by atoms with van der Waals surface area (Å²) < 4.78 is 7.72. The molecule has 5 heteroatoms. The van der Waals surface area contributed by atoms with Crippen molar-refractivity contribution in [3.05, 3.63) is 84.2 Å². The van der Waals surface area contributed by atoms with Crippen molar-refractivity contribution in [2.45, 2.75) is 32.3 Å². The second-order valence-electron chi connectivity index (χ2n) is 9.18. The number of rotatable bonds is 4. The summed E-state index contributed by atoms with van der Waals surface area (Å²) >= 11 is 0. The van der Waals surface area contributed by atoms with Gasteiger partial charge in [0, 0.05) is 37.5 Å². The molecule has 0 atom stereocenters. The Balaban J connectivity index is 1.38. The third-order valence-corrected chi connectivity index (χ3v) is 6.92. The summed E-state index contributed by atoms with van der Waals surface area (Å²) in [5, 5.41) is 0. The Morgan fingerprint density at radius 2 is 1.55 bits per heavy atom. The van der Waals surface area contributed by atoms with Crippen molar-refractivity contribution in [2.75, 3.05) is 20.2 Å². The van der Waals surface area contributed by atoms with Crippen molar-refractivity contribution in [1.29, 1.82) is 0 Å². The SMILES string of the molecule is COC1(C)CCN(C(=O)c2ccc(-c3ccc4ncc(-c5ccc(C)cc5)n4c3)cc2)CC1. The Morgan fingerprint density at radius 3 is 2.21 bits per heavy atom. The van der Waals surface area contributed by atoms with Crippen LogP contribution in [0.2, 0.25) is 0 Å². The minimum absolute atomic E-state index is 0.0893. The van der Waals surface area contributed by atoms with E-state index >= 15 is 0 Å². The number of pyridine rings is 1. The smallest absolute Gasteiger partial charge is 0.253 e. The third-order valence-electron chi connectivity index (χ3n) is 6.92. The van der Waals surface area contributed by atoms with Crippen LogP contribution < -0.4 is 0 Å². The Morgan fingerprint density at radius 1 is 0.909 bits per heavy atom. The van der Waals surface area contributed by atoms with E-state index in [9.17, 15) is 4.79 Å². The lowest BCUT2D eigenvalue weighted by molar-refractivity contribution is -0.0379. The monoisotopic (exact) mass is 439 g/mol. The molecule has 1 fully saturated rings. The number of ether oxygens (including phenoxy) is 1. The molecule has 0 bridgehead atoms. The molecule has 0 aliphatic carbocycles. The number of hydrogen-bond acceptors (Lipinski definition) is 3. The summed E-state index contributed by atoms with van der Waals surface area (Å²) in [6, 6.07) is 20.5. The molecule has 1 saturated heterocycles. The molecule has 5 nitrogen and oxygen atoms in total. The number of nitrogens with zero attached hydrogens (tertiary/aromatic N) is 3. The van der Waals surface area contributed by atoms with Gasteiger partial charge in [-0.15, -0.1) is 0 Å². The summed E-state index contributed by atoms with van der Waals surface area (Å²) in [4.78, 5) is 19.5. The highest BCUT2D eigenvalue weighted by molar-refractivity contribution is 5.94. The Kier molecular flexibility index (Phi) is 5.51. The molecule has 0 saturated carbocycles. The molecule has 0 radical (unpaired) electrons. The molecule has 0 spiro atoms. The molecular formula is C28H29N3O2. The maximum Gasteiger partial charge on any atom is 0.253 e. The van der Waals surface area contributed by atoms with Crippen molar-refractivity contribution in [2.24, 2.45) is 0 Å². The number of hydrogen-bond donors (Lipinski definition) is 0. The van der Waals surface area contributed by atoms with E-state index in [-0.39, 0.29) is 11.5 Å². The van der Waals surface area contributed by atoms with Crippen molar-refractivity contribution in [3.8, 4) is 22.4 Å². The van der Waals surface area contributed by atoms with E-state index in [1.165, 1.54) is 5.56 Å². The number of carbonyl (C=O) groups excluding carboxylic acids is 1. The molecule has 1 aliphatic heterocycles. The molecule has 0 unspecified atom stereocenters. The number of piperidine rings is 1. The van der Waals surface area contributed by atoms with Crippen LogP contribution in [0.4, 0.5) is 0 Å². The van der Waals surface area contributed by atoms with Gasteiger partial charge in [0.2, 0.25) is 0 Å². The molecule has 1 aliphatic rings. The van der Waals surface area contributed by atoms with E-state index in [0.29, 0.717) is 0 Å². The van der Waals surface area contributed by atoms with E-state index in [1.807, 2.05) is 41.4 Å². The van der Waals surface area contributed by atoms with Crippen molar-refractivity contribution in [1.82, 2.24) is 14.3 Å². The van der Waals surface area contributed by atoms with Crippen LogP contribution in [0.25, 0.3) is 28.0 Å². The maximum atomic E-state index is 13.0. The Bertz CT molecular complexity index is 1280. The molecule has 5 rings (SSSR count). The van der Waals surface area contributed by atoms with E-state index < -0.39 is 0 Å². The predicted molar refractivity (Wildman–Crippen MR) is 131 cm³/mol. The van der Waals surface area contributed by atoms with Crippen LogP contribution in [0.5, 0.6) is 0 Å². The highest BCUT2D eigenvalue weighted by Gasteiger charge is 2.31. The zero-order chi connectivity index (χ0) is 23.0. The number of imidazole rings is 1. The first kappa shape index (κ1) is 21.4. The van der Waals surface area contributed by atoms with Gasteiger partial charge in [-0.2, -0.15) is 0 Å². The lowest BCUT2D eigenvalue weighted by atomic mass is 9.93. The summed E-state index contributed by atoms with van der Waals surface area (Å²) in [5.41, 5.74) is 7.11. The molecule has 168 valence electrons. The van der Waals surface area contributed by atoms with Gasteiger partial charge in [0.05, 0.1) is 17.5 Å². The van der Waals surface area contributed by atoms with Crippen molar-refractivity contribution < 1.29 is 9.53 Å². The lowest BCUT2D eigenvalue weighted by Crippen LogP contribution is -2.46. The number of methoxy groups -OCH3 is 1. The second-order valence-corrected chi connectivity index (χ2v) is 9.18. The van der Waals surface area contributed by atoms with Crippen LogP contribution >= 0.6 is 0 Å². The van der Waals surface area contributed by atoms with E-state index in [2.05, 4.69) is 59.8 Å². The largest absolute Gasteiger partial charge is 0.378 e. The molecule has 3 heterocycles. The van der Waals surface area contributed by atoms with Gasteiger partial charge in [-0.1, -0.05) is 42.0 Å². The number of fused-ring (bicyclic) bond motifs is 1. The van der Waals surface area contributed by atoms with Crippen LogP contribution in [-0.2, 0) is 4.74 Å². The molecule has 33 heavy (non-hydrogen) atoms. The molecule has 1 amide bonds. The maximum absolute atomic E-state index is 13.0. The Hall–Kier alpha value is -3.44. The van der Waals surface area contributed by atoms with Crippen LogP contribution in [-0.4, -0.2) is 46.0 Å². The average molecular weight is 440 g/mol. The second kappa shape index (κ2) is 8.49. The van der Waals surface area contributed by atoms with Crippen molar-refractivity contribution in [3.63, 3.8) is 0 Å². The predicted octanol–water partition coefficient (Wildman–Crippen LogP) is 5.62. The normalized spacial score (nSPS) is 15.7. The molecule has 4 aromatic rings. The minimum Gasteiger partial charge on any atom is -0.378 e. The number of carbonyl (C=O) groups is 1. The summed E-state index contributed by atoms with van der Waals surface area (Å²) in [7, 11) is 1.75. The topological polar surface area (TPSA) is 46.8 Å². The highest BCUT2D eigenvalue weighted by Crippen LogP contribution is 2.28. The van der Waals surface area contributed by atoms with E-state index in [0.717, 1.165) is 59.5 Å². The number of aromatic nitrogens is 2. The van der Waals surface area contributed by atoms with Crippen LogP contribution in [0.15, 0.2) is 73.1 Å². The number of amides is 1. The van der Waals surface area contributed by atoms with Gasteiger partial charge in [0.1, 0.15) is 5.65 Å². The molecule has 0 N–H and O–H groups in total. The number of aryl methyl sites for hydroxylation is 1. The van der Waals surface area contributed by atoms with Gasteiger partial charge in [0.15, 0.2) is 0 Å². The summed E-state index contributed by atoms with van der Waals surface area (Å²) in [6.07, 6.45) is 5.76. The molecule has 2 aromatic heterocycles. The van der Waals surface area contributed by atoms with Crippen LogP contribution in [0, 0.1) is 6.92 Å². The quantitative estimate of drug-likeness (QED) is 0.415. The fraction of sp³-hybridized carbons (Fsp3) is 0.286. The minimum atomic E-state index is -0.121. The van der Waals surface area contributed by atoms with Gasteiger partial charge in [-0.25, -0.2) is 4.98 Å². The standard InChI is InChI=1S/C28H29N3O2/c1-20-4-6-22(7-5-20)25-18-29-26-13-12-24(19-31(25)26)21-8-10-23(11-9-21)27(32)30-16-14-28(2,33-3)15-17-30/h4-13,18-19H,14-17H2,1-3H3. The molecular weight excluding hydrogens is 410 g/mol. The number of benzene rings is 2. The highest BCUT2D eigenvalue weighted by atomic mass is 16.5. The van der Waals surface area contributed by atoms with Crippen LogP contribution in [0.1, 0.15) is 35.7 Å². The lowest BCUT2D eigenvalue weighted by Gasteiger charge is -2.38. The first-order valence-corrected chi connectivity index (χ1v) is 11.4. The third kappa shape index (κ3) is 4.16. The first-order chi connectivity index (χ1) is 16.0. The van der Waals surface area contributed by atoms with E-state index in [4.69, 9.17) is 4.74 Å². The fourth-order valence-corrected chi connectivity index (χ4v) is 4.46. The zero-order valence-electron chi connectivity index (χ0n) is 19.4. The van der Waals surface area contributed by atoms with Gasteiger partial charge in [-0.3, -0.25) is 9.20 Å². The molecule has 2 aromatic carbocycles.